The van der Waals surface area contributed by atoms with Gasteiger partial charge in [-0.1, -0.05) is 53.9 Å². The molecular weight excluding hydrogens is 374 g/mol. The van der Waals surface area contributed by atoms with Crippen LogP contribution in [0.25, 0.3) is 0 Å². The van der Waals surface area contributed by atoms with Gasteiger partial charge in [-0.25, -0.2) is 4.39 Å². The largest absolute Gasteiger partial charge is 0.348 e. The predicted octanol–water partition coefficient (Wildman–Crippen LogP) is 5.05. The van der Waals surface area contributed by atoms with Crippen LogP contribution in [0.3, 0.4) is 0 Å². The third-order valence-corrected chi connectivity index (χ3v) is 5.19. The molecule has 0 aromatic heterocycles. The Morgan fingerprint density at radius 2 is 1.65 bits per heavy atom. The van der Waals surface area contributed by atoms with Crippen molar-refractivity contribution in [1.29, 1.82) is 0 Å². The fourth-order valence-electron chi connectivity index (χ4n) is 3.11. The summed E-state index contributed by atoms with van der Waals surface area (Å²) in [5.74, 6) is -1.09. The summed E-state index contributed by atoms with van der Waals surface area (Å²) in [4.78, 5) is 14.7. The highest BCUT2D eigenvalue weighted by Gasteiger charge is 2.14. The zero-order chi connectivity index (χ0) is 18.5. The Balaban J connectivity index is 1.56. The molecule has 0 radical (unpaired) electrons. The molecule has 1 saturated heterocycles. The molecule has 0 aliphatic carbocycles. The van der Waals surface area contributed by atoms with Crippen molar-refractivity contribution < 1.29 is 9.18 Å². The average molecular weight is 395 g/mol. The summed E-state index contributed by atoms with van der Waals surface area (Å²) in [6.45, 7) is 3.64. The minimum Gasteiger partial charge on any atom is -0.348 e. The molecule has 0 atom stereocenters. The van der Waals surface area contributed by atoms with Crippen LogP contribution in [0.5, 0.6) is 0 Å². The maximum atomic E-state index is 13.5. The molecule has 138 valence electrons. The minimum atomic E-state index is -0.664. The number of halogens is 3. The Hall–Kier alpha value is -1.62. The number of benzene rings is 2. The van der Waals surface area contributed by atoms with Crippen molar-refractivity contribution in [3.05, 3.63) is 69.0 Å². The zero-order valence-corrected chi connectivity index (χ0v) is 15.9. The van der Waals surface area contributed by atoms with Crippen molar-refractivity contribution in [1.82, 2.24) is 10.2 Å². The van der Waals surface area contributed by atoms with Gasteiger partial charge in [0.25, 0.3) is 5.91 Å². The van der Waals surface area contributed by atoms with E-state index in [2.05, 4.69) is 22.3 Å². The maximum Gasteiger partial charge on any atom is 0.253 e. The molecule has 6 heteroatoms. The first-order valence-corrected chi connectivity index (χ1v) is 9.51. The van der Waals surface area contributed by atoms with Gasteiger partial charge in [-0.05, 0) is 49.2 Å². The lowest BCUT2D eigenvalue weighted by atomic mass is 10.1. The molecule has 0 unspecified atom stereocenters. The lowest BCUT2D eigenvalue weighted by Gasteiger charge is -2.26. The van der Waals surface area contributed by atoms with Gasteiger partial charge < -0.3 is 5.32 Å². The second-order valence-corrected chi connectivity index (χ2v) is 7.40. The summed E-state index contributed by atoms with van der Waals surface area (Å²) in [5.41, 5.74) is 2.33. The van der Waals surface area contributed by atoms with Crippen LogP contribution < -0.4 is 5.32 Å². The van der Waals surface area contributed by atoms with E-state index in [1.54, 1.807) is 0 Å². The highest BCUT2D eigenvalue weighted by Crippen LogP contribution is 2.24. The molecule has 3 rings (SSSR count). The molecule has 1 fully saturated rings. The van der Waals surface area contributed by atoms with Gasteiger partial charge in [-0.3, -0.25) is 9.69 Å². The van der Waals surface area contributed by atoms with Gasteiger partial charge in [0.1, 0.15) is 5.82 Å². The SMILES string of the molecule is O=C(NCc1ccc(CN2CCCCC2)cc1)c1cc(F)c(Cl)cc1Cl. The molecule has 1 aliphatic rings. The van der Waals surface area contributed by atoms with E-state index >= 15 is 0 Å². The second-order valence-electron chi connectivity index (χ2n) is 6.58. The third-order valence-electron chi connectivity index (χ3n) is 4.59. The van der Waals surface area contributed by atoms with Gasteiger partial charge in [0, 0.05) is 13.1 Å². The Bertz CT molecular complexity index is 774. The summed E-state index contributed by atoms with van der Waals surface area (Å²) in [6, 6.07) is 10.5. The van der Waals surface area contributed by atoms with Crippen molar-refractivity contribution in [3.8, 4) is 0 Å². The number of nitrogens with one attached hydrogen (secondary N) is 1. The molecule has 26 heavy (non-hydrogen) atoms. The number of hydrogen-bond acceptors (Lipinski definition) is 2. The number of likely N-dealkylation sites (tertiary alicyclic amines) is 1. The minimum absolute atomic E-state index is 0.0790. The number of piperidine rings is 1. The van der Waals surface area contributed by atoms with Crippen molar-refractivity contribution in [2.24, 2.45) is 0 Å². The second kappa shape index (κ2) is 8.85. The van der Waals surface area contributed by atoms with Gasteiger partial charge in [0.05, 0.1) is 15.6 Å². The third kappa shape index (κ3) is 4.97. The van der Waals surface area contributed by atoms with E-state index in [0.717, 1.165) is 31.3 Å². The number of hydrogen-bond donors (Lipinski definition) is 1. The number of rotatable bonds is 5. The van der Waals surface area contributed by atoms with Crippen molar-refractivity contribution in [3.63, 3.8) is 0 Å². The van der Waals surface area contributed by atoms with Gasteiger partial charge in [0.2, 0.25) is 0 Å². The van der Waals surface area contributed by atoms with Crippen molar-refractivity contribution >= 4 is 29.1 Å². The topological polar surface area (TPSA) is 32.3 Å². The lowest BCUT2D eigenvalue weighted by molar-refractivity contribution is 0.0950. The van der Waals surface area contributed by atoms with E-state index in [-0.39, 0.29) is 15.6 Å². The smallest absolute Gasteiger partial charge is 0.253 e. The summed E-state index contributed by atoms with van der Waals surface area (Å²) >= 11 is 11.6. The zero-order valence-electron chi connectivity index (χ0n) is 14.4. The molecule has 0 saturated carbocycles. The number of carbonyl (C=O) groups is 1. The molecule has 1 aliphatic heterocycles. The van der Waals surface area contributed by atoms with Gasteiger partial charge >= 0.3 is 0 Å². The first-order valence-electron chi connectivity index (χ1n) is 8.76. The fourth-order valence-corrected chi connectivity index (χ4v) is 3.58. The monoisotopic (exact) mass is 394 g/mol. The van der Waals surface area contributed by atoms with Crippen LogP contribution in [0.2, 0.25) is 10.0 Å². The van der Waals surface area contributed by atoms with Gasteiger partial charge in [0.15, 0.2) is 0 Å². The van der Waals surface area contributed by atoms with Crippen LogP contribution in [0.1, 0.15) is 40.7 Å². The standard InChI is InChI=1S/C20H21Cl2FN2O/c21-17-11-18(22)19(23)10-16(17)20(26)24-12-14-4-6-15(7-5-14)13-25-8-2-1-3-9-25/h4-7,10-11H,1-3,8-9,12-13H2,(H,24,26). The van der Waals surface area contributed by atoms with Crippen LogP contribution in [0.15, 0.2) is 36.4 Å². The molecule has 1 N–H and O–H groups in total. The summed E-state index contributed by atoms with van der Waals surface area (Å²) < 4.78 is 13.5. The van der Waals surface area contributed by atoms with Crippen LogP contribution in [0.4, 0.5) is 4.39 Å². The Morgan fingerprint density at radius 3 is 2.35 bits per heavy atom. The average Bonchev–Trinajstić information content (AvgIpc) is 2.65. The number of carbonyl (C=O) groups excluding carboxylic acids is 1. The summed E-state index contributed by atoms with van der Waals surface area (Å²) in [7, 11) is 0. The molecule has 0 spiro atoms. The van der Waals surface area contributed by atoms with E-state index in [1.165, 1.54) is 30.9 Å². The van der Waals surface area contributed by atoms with Crippen molar-refractivity contribution in [2.75, 3.05) is 13.1 Å². The van der Waals surface area contributed by atoms with Crippen LogP contribution >= 0.6 is 23.2 Å². The first kappa shape index (κ1) is 19.2. The van der Waals surface area contributed by atoms with Crippen molar-refractivity contribution in [2.45, 2.75) is 32.4 Å². The fraction of sp³-hybridized carbons (Fsp3) is 0.350. The number of nitrogens with zero attached hydrogens (tertiary/aromatic N) is 1. The van der Waals surface area contributed by atoms with E-state index in [0.29, 0.717) is 6.54 Å². The Kier molecular flexibility index (Phi) is 6.52. The highest BCUT2D eigenvalue weighted by atomic mass is 35.5. The summed E-state index contributed by atoms with van der Waals surface area (Å²) in [5, 5.41) is 2.79. The quantitative estimate of drug-likeness (QED) is 0.719. The normalized spacial score (nSPS) is 15.0. The van der Waals surface area contributed by atoms with Crippen LogP contribution in [0, 0.1) is 5.82 Å². The highest BCUT2D eigenvalue weighted by molar-refractivity contribution is 6.36. The van der Waals surface area contributed by atoms with Gasteiger partial charge in [-0.15, -0.1) is 0 Å². The maximum absolute atomic E-state index is 13.5. The molecule has 3 nitrogen and oxygen atoms in total. The van der Waals surface area contributed by atoms with E-state index < -0.39 is 11.7 Å². The first-order chi connectivity index (χ1) is 12.5. The van der Waals surface area contributed by atoms with E-state index in [9.17, 15) is 9.18 Å². The Morgan fingerprint density at radius 1 is 1.00 bits per heavy atom. The van der Waals surface area contributed by atoms with Crippen LogP contribution in [-0.4, -0.2) is 23.9 Å². The van der Waals surface area contributed by atoms with Gasteiger partial charge in [-0.2, -0.15) is 0 Å². The van der Waals surface area contributed by atoms with Crippen LogP contribution in [-0.2, 0) is 13.1 Å². The molecular formula is C20H21Cl2FN2O. The molecule has 2 aromatic carbocycles. The number of amides is 1. The predicted molar refractivity (Wildman–Crippen MR) is 103 cm³/mol. The Labute approximate surface area is 163 Å². The lowest BCUT2D eigenvalue weighted by Crippen LogP contribution is -2.29. The molecule has 1 amide bonds. The van der Waals surface area contributed by atoms with E-state index in [4.69, 9.17) is 23.2 Å². The molecule has 2 aromatic rings. The molecule has 0 bridgehead atoms. The molecule has 1 heterocycles. The summed E-state index contributed by atoms with van der Waals surface area (Å²) in [6.07, 6.45) is 3.88. The van der Waals surface area contributed by atoms with E-state index in [1.807, 2.05) is 12.1 Å².